The highest BCUT2D eigenvalue weighted by Crippen LogP contribution is 2.16. The number of aliphatic imine (C=N–C) groups is 1. The molecular weight excluding hydrogens is 204 g/mol. The molecule has 0 N–H and O–H groups in total. The maximum absolute atomic E-state index is 11.5. The van der Waals surface area contributed by atoms with Crippen molar-refractivity contribution in [2.24, 2.45) is 4.99 Å². The summed E-state index contributed by atoms with van der Waals surface area (Å²) in [6.45, 7) is 2.86. The molecule has 0 unspecified atom stereocenters. The van der Waals surface area contributed by atoms with E-state index in [1.165, 1.54) is 0 Å². The van der Waals surface area contributed by atoms with E-state index in [-0.39, 0.29) is 12.5 Å². The minimum atomic E-state index is 0.0633. The predicted octanol–water partition coefficient (Wildman–Crippen LogP) is 1.30. The number of carbonyl (C=O) groups excluding carboxylic acids is 1. The van der Waals surface area contributed by atoms with Gasteiger partial charge in [0.1, 0.15) is 18.1 Å². The molecule has 1 aliphatic heterocycles. The second-order valence-electron chi connectivity index (χ2n) is 3.51. The molecule has 0 aliphatic carbocycles. The van der Waals surface area contributed by atoms with E-state index in [0.717, 1.165) is 17.1 Å². The molecule has 4 nitrogen and oxygen atoms in total. The van der Waals surface area contributed by atoms with Crippen LogP contribution in [-0.4, -0.2) is 36.8 Å². The van der Waals surface area contributed by atoms with E-state index in [1.54, 1.807) is 12.0 Å². The Bertz CT molecular complexity index is 423. The molecule has 0 radical (unpaired) electrons. The lowest BCUT2D eigenvalue weighted by Gasteiger charge is -2.16. The van der Waals surface area contributed by atoms with Gasteiger partial charge in [-0.1, -0.05) is 0 Å². The molecule has 1 amide bonds. The Morgan fingerprint density at radius 3 is 2.62 bits per heavy atom. The maximum atomic E-state index is 11.5. The van der Waals surface area contributed by atoms with Gasteiger partial charge in [-0.15, -0.1) is 0 Å². The van der Waals surface area contributed by atoms with Crippen LogP contribution in [0.2, 0.25) is 0 Å². The van der Waals surface area contributed by atoms with Gasteiger partial charge in [0.15, 0.2) is 0 Å². The number of methoxy groups -OCH3 is 1. The Balaban J connectivity index is 2.27. The molecule has 0 spiro atoms. The molecule has 1 aromatic rings. The lowest BCUT2D eigenvalue weighted by molar-refractivity contribution is -0.124. The van der Waals surface area contributed by atoms with Gasteiger partial charge in [-0.2, -0.15) is 0 Å². The molecule has 84 valence electrons. The van der Waals surface area contributed by atoms with Gasteiger partial charge in [0.2, 0.25) is 5.91 Å². The van der Waals surface area contributed by atoms with Crippen LogP contribution in [0.25, 0.3) is 0 Å². The van der Waals surface area contributed by atoms with Crippen LogP contribution in [-0.2, 0) is 4.79 Å². The third kappa shape index (κ3) is 1.78. The van der Waals surface area contributed by atoms with Crippen LogP contribution in [0.15, 0.2) is 29.3 Å². The lowest BCUT2D eigenvalue weighted by Crippen LogP contribution is -2.32. The molecule has 0 atom stereocenters. The standard InChI is InChI=1S/C12H14N2O2/c1-3-14-11(15)8-13-12(14)9-4-6-10(16-2)7-5-9/h4-7H,3,8H2,1-2H3. The number of likely N-dealkylation sites (N-methyl/N-ethyl adjacent to an activating group) is 1. The average molecular weight is 218 g/mol. The fourth-order valence-corrected chi connectivity index (χ4v) is 1.74. The summed E-state index contributed by atoms with van der Waals surface area (Å²) in [6, 6.07) is 7.57. The van der Waals surface area contributed by atoms with Crippen LogP contribution in [0, 0.1) is 0 Å². The van der Waals surface area contributed by atoms with Gasteiger partial charge in [-0.05, 0) is 31.2 Å². The quantitative estimate of drug-likeness (QED) is 0.767. The van der Waals surface area contributed by atoms with Crippen molar-refractivity contribution in [3.05, 3.63) is 29.8 Å². The summed E-state index contributed by atoms with van der Waals surface area (Å²) in [4.78, 5) is 17.4. The Labute approximate surface area is 94.5 Å². The normalized spacial score (nSPS) is 15.2. The smallest absolute Gasteiger partial charge is 0.249 e. The van der Waals surface area contributed by atoms with E-state index in [2.05, 4.69) is 4.99 Å². The van der Waals surface area contributed by atoms with Crippen molar-refractivity contribution < 1.29 is 9.53 Å². The zero-order valence-electron chi connectivity index (χ0n) is 9.43. The number of hydrogen-bond donors (Lipinski definition) is 0. The van der Waals surface area contributed by atoms with Crippen molar-refractivity contribution in [2.45, 2.75) is 6.92 Å². The third-order valence-corrected chi connectivity index (χ3v) is 2.59. The van der Waals surface area contributed by atoms with Gasteiger partial charge in [0, 0.05) is 12.1 Å². The summed E-state index contributed by atoms with van der Waals surface area (Å²) in [5, 5.41) is 0. The molecule has 0 saturated heterocycles. The van der Waals surface area contributed by atoms with Crippen LogP contribution >= 0.6 is 0 Å². The molecule has 0 saturated carbocycles. The van der Waals surface area contributed by atoms with Gasteiger partial charge in [0.05, 0.1) is 7.11 Å². The van der Waals surface area contributed by atoms with Gasteiger partial charge in [-0.3, -0.25) is 14.7 Å². The van der Waals surface area contributed by atoms with Crippen LogP contribution in [0.3, 0.4) is 0 Å². The Morgan fingerprint density at radius 2 is 2.06 bits per heavy atom. The summed E-state index contributed by atoms with van der Waals surface area (Å²) in [5.41, 5.74) is 0.952. The summed E-state index contributed by atoms with van der Waals surface area (Å²) in [7, 11) is 1.63. The van der Waals surface area contributed by atoms with E-state index in [9.17, 15) is 4.79 Å². The number of amides is 1. The molecule has 1 aliphatic rings. The summed E-state index contributed by atoms with van der Waals surface area (Å²) < 4.78 is 5.09. The van der Waals surface area contributed by atoms with E-state index in [1.807, 2.05) is 31.2 Å². The second kappa shape index (κ2) is 4.35. The number of benzene rings is 1. The zero-order valence-corrected chi connectivity index (χ0v) is 9.43. The Kier molecular flexibility index (Phi) is 2.90. The number of amidine groups is 1. The molecule has 2 rings (SSSR count). The van der Waals surface area contributed by atoms with Crippen molar-refractivity contribution >= 4 is 11.7 Å². The number of ether oxygens (including phenoxy) is 1. The summed E-state index contributed by atoms with van der Waals surface area (Å²) >= 11 is 0. The van der Waals surface area contributed by atoms with Gasteiger partial charge in [0.25, 0.3) is 0 Å². The first-order chi connectivity index (χ1) is 7.76. The van der Waals surface area contributed by atoms with E-state index >= 15 is 0 Å². The van der Waals surface area contributed by atoms with Crippen molar-refractivity contribution in [2.75, 3.05) is 20.2 Å². The van der Waals surface area contributed by atoms with Crippen molar-refractivity contribution in [1.82, 2.24) is 4.90 Å². The summed E-state index contributed by atoms with van der Waals surface area (Å²) in [6.07, 6.45) is 0. The SMILES string of the molecule is CCN1C(=O)CN=C1c1ccc(OC)cc1. The highest BCUT2D eigenvalue weighted by Gasteiger charge is 2.24. The summed E-state index contributed by atoms with van der Waals surface area (Å²) in [5.74, 6) is 1.63. The largest absolute Gasteiger partial charge is 0.497 e. The minimum Gasteiger partial charge on any atom is -0.497 e. The van der Waals surface area contributed by atoms with Crippen LogP contribution < -0.4 is 4.74 Å². The molecule has 4 heteroatoms. The zero-order chi connectivity index (χ0) is 11.5. The predicted molar refractivity (Wildman–Crippen MR) is 61.8 cm³/mol. The van der Waals surface area contributed by atoms with Gasteiger partial charge >= 0.3 is 0 Å². The first-order valence-corrected chi connectivity index (χ1v) is 5.25. The number of rotatable bonds is 3. The maximum Gasteiger partial charge on any atom is 0.249 e. The van der Waals surface area contributed by atoms with E-state index in [0.29, 0.717) is 6.54 Å². The highest BCUT2D eigenvalue weighted by atomic mass is 16.5. The molecule has 16 heavy (non-hydrogen) atoms. The number of carbonyl (C=O) groups is 1. The number of nitrogens with zero attached hydrogens (tertiary/aromatic N) is 2. The number of hydrogen-bond acceptors (Lipinski definition) is 3. The van der Waals surface area contributed by atoms with Crippen LogP contribution in [0.4, 0.5) is 0 Å². The minimum absolute atomic E-state index is 0.0633. The van der Waals surface area contributed by atoms with Gasteiger partial charge in [-0.25, -0.2) is 0 Å². The first-order valence-electron chi connectivity index (χ1n) is 5.25. The van der Waals surface area contributed by atoms with Crippen molar-refractivity contribution in [3.63, 3.8) is 0 Å². The molecule has 1 heterocycles. The molecule has 0 aromatic heterocycles. The Morgan fingerprint density at radius 1 is 1.38 bits per heavy atom. The first kappa shape index (κ1) is 10.7. The van der Waals surface area contributed by atoms with E-state index in [4.69, 9.17) is 4.74 Å². The lowest BCUT2D eigenvalue weighted by atomic mass is 10.2. The fraction of sp³-hybridized carbons (Fsp3) is 0.333. The van der Waals surface area contributed by atoms with Crippen LogP contribution in [0.1, 0.15) is 12.5 Å². The third-order valence-electron chi connectivity index (χ3n) is 2.59. The molecular formula is C12H14N2O2. The monoisotopic (exact) mass is 218 g/mol. The highest BCUT2D eigenvalue weighted by molar-refractivity contribution is 6.12. The van der Waals surface area contributed by atoms with Crippen molar-refractivity contribution in [1.29, 1.82) is 0 Å². The molecule has 1 aromatic carbocycles. The van der Waals surface area contributed by atoms with Crippen molar-refractivity contribution in [3.8, 4) is 5.75 Å². The van der Waals surface area contributed by atoms with Crippen LogP contribution in [0.5, 0.6) is 5.75 Å². The molecule has 0 fully saturated rings. The van der Waals surface area contributed by atoms with Gasteiger partial charge < -0.3 is 4.74 Å². The average Bonchev–Trinajstić information content (AvgIpc) is 2.70. The molecule has 0 bridgehead atoms. The second-order valence-corrected chi connectivity index (χ2v) is 3.51. The topological polar surface area (TPSA) is 41.9 Å². The fourth-order valence-electron chi connectivity index (χ4n) is 1.74. The Hall–Kier alpha value is -1.84. The van der Waals surface area contributed by atoms with E-state index < -0.39 is 0 Å².